The third-order valence-electron chi connectivity index (χ3n) is 3.49. The van der Waals surface area contributed by atoms with Crippen molar-refractivity contribution in [2.45, 2.75) is 12.3 Å². The minimum Gasteiger partial charge on any atom is -0.496 e. The Labute approximate surface area is 134 Å². The zero-order valence-corrected chi connectivity index (χ0v) is 13.1. The van der Waals surface area contributed by atoms with Gasteiger partial charge in [-0.05, 0) is 35.7 Å². The largest absolute Gasteiger partial charge is 0.496 e. The maximum atomic E-state index is 11.7. The normalized spacial score (nSPS) is 11.8. The van der Waals surface area contributed by atoms with Gasteiger partial charge in [-0.3, -0.25) is 4.79 Å². The predicted octanol–water partition coefficient (Wildman–Crippen LogP) is 3.77. The number of rotatable bonds is 6. The number of aliphatic carboxylic acids is 1. The highest BCUT2D eigenvalue weighted by Gasteiger charge is 2.22. The smallest absolute Gasteiger partial charge is 0.311 e. The molecule has 116 valence electrons. The molecule has 2 aromatic carbocycles. The van der Waals surface area contributed by atoms with Gasteiger partial charge in [-0.1, -0.05) is 35.9 Å². The molecule has 1 unspecified atom stereocenters. The SMILES string of the molecule is COc1ccc(C(Cc2ccccc2OC)C(=O)O)cc1Cl. The Morgan fingerprint density at radius 3 is 2.41 bits per heavy atom. The van der Waals surface area contributed by atoms with Crippen LogP contribution in [0.1, 0.15) is 17.0 Å². The van der Waals surface area contributed by atoms with Crippen molar-refractivity contribution in [3.05, 3.63) is 58.6 Å². The van der Waals surface area contributed by atoms with Crippen molar-refractivity contribution in [2.24, 2.45) is 0 Å². The first-order valence-corrected chi connectivity index (χ1v) is 7.12. The van der Waals surface area contributed by atoms with Gasteiger partial charge in [-0.25, -0.2) is 0 Å². The van der Waals surface area contributed by atoms with Gasteiger partial charge >= 0.3 is 5.97 Å². The molecule has 0 aliphatic rings. The van der Waals surface area contributed by atoms with Crippen molar-refractivity contribution in [1.82, 2.24) is 0 Å². The van der Waals surface area contributed by atoms with Gasteiger partial charge in [0.2, 0.25) is 0 Å². The molecule has 0 fully saturated rings. The molecule has 1 atom stereocenters. The van der Waals surface area contributed by atoms with E-state index in [-0.39, 0.29) is 0 Å². The second-order valence-corrected chi connectivity index (χ2v) is 5.21. The van der Waals surface area contributed by atoms with E-state index in [2.05, 4.69) is 0 Å². The molecule has 0 saturated carbocycles. The number of halogens is 1. The van der Waals surface area contributed by atoms with Crippen LogP contribution in [0.4, 0.5) is 0 Å². The van der Waals surface area contributed by atoms with Crippen LogP contribution in [0.5, 0.6) is 11.5 Å². The second-order valence-electron chi connectivity index (χ2n) is 4.80. The van der Waals surface area contributed by atoms with E-state index in [9.17, 15) is 9.90 Å². The summed E-state index contributed by atoms with van der Waals surface area (Å²) in [5.41, 5.74) is 1.47. The monoisotopic (exact) mass is 320 g/mol. The fourth-order valence-corrected chi connectivity index (χ4v) is 2.60. The minimum atomic E-state index is -0.910. The summed E-state index contributed by atoms with van der Waals surface area (Å²) < 4.78 is 10.4. The zero-order chi connectivity index (χ0) is 16.1. The van der Waals surface area contributed by atoms with Gasteiger partial charge in [0.15, 0.2) is 0 Å². The second kappa shape index (κ2) is 7.18. The molecule has 0 saturated heterocycles. The van der Waals surface area contributed by atoms with Crippen LogP contribution >= 0.6 is 11.6 Å². The number of carboxylic acids is 1. The number of hydrogen-bond acceptors (Lipinski definition) is 3. The number of hydrogen-bond donors (Lipinski definition) is 1. The van der Waals surface area contributed by atoms with Crippen LogP contribution in [0.2, 0.25) is 5.02 Å². The van der Waals surface area contributed by atoms with Gasteiger partial charge in [0.1, 0.15) is 11.5 Å². The predicted molar refractivity (Wildman–Crippen MR) is 85.1 cm³/mol. The van der Waals surface area contributed by atoms with Gasteiger partial charge in [0, 0.05) is 0 Å². The van der Waals surface area contributed by atoms with Crippen LogP contribution in [0, 0.1) is 0 Å². The lowest BCUT2D eigenvalue weighted by molar-refractivity contribution is -0.138. The highest BCUT2D eigenvalue weighted by Crippen LogP contribution is 2.31. The lowest BCUT2D eigenvalue weighted by Gasteiger charge is -2.16. The van der Waals surface area contributed by atoms with Crippen molar-refractivity contribution in [1.29, 1.82) is 0 Å². The number of ether oxygens (including phenoxy) is 2. The number of benzene rings is 2. The number of carboxylic acid groups (broad SMARTS) is 1. The van der Waals surface area contributed by atoms with Crippen LogP contribution in [0.25, 0.3) is 0 Å². The van der Waals surface area contributed by atoms with E-state index in [1.54, 1.807) is 25.3 Å². The molecule has 0 aromatic heterocycles. The highest BCUT2D eigenvalue weighted by atomic mass is 35.5. The fourth-order valence-electron chi connectivity index (χ4n) is 2.34. The minimum absolute atomic E-state index is 0.321. The van der Waals surface area contributed by atoms with Gasteiger partial charge in [0.25, 0.3) is 0 Å². The van der Waals surface area contributed by atoms with Gasteiger partial charge < -0.3 is 14.6 Å². The van der Waals surface area contributed by atoms with Crippen molar-refractivity contribution < 1.29 is 19.4 Å². The van der Waals surface area contributed by atoms with E-state index in [4.69, 9.17) is 21.1 Å². The van der Waals surface area contributed by atoms with E-state index in [1.165, 1.54) is 7.11 Å². The first-order chi connectivity index (χ1) is 10.6. The third-order valence-corrected chi connectivity index (χ3v) is 3.79. The standard InChI is InChI=1S/C17H17ClO4/c1-21-15-6-4-3-5-12(15)9-13(17(19)20)11-7-8-16(22-2)14(18)10-11/h3-8,10,13H,9H2,1-2H3,(H,19,20). The summed E-state index contributed by atoms with van der Waals surface area (Å²) in [6.45, 7) is 0. The summed E-state index contributed by atoms with van der Waals surface area (Å²) in [7, 11) is 3.09. The van der Waals surface area contributed by atoms with Crippen LogP contribution in [0.3, 0.4) is 0 Å². The molecule has 22 heavy (non-hydrogen) atoms. The van der Waals surface area contributed by atoms with Crippen LogP contribution in [0.15, 0.2) is 42.5 Å². The molecule has 4 nitrogen and oxygen atoms in total. The van der Waals surface area contributed by atoms with Crippen molar-refractivity contribution in [3.8, 4) is 11.5 Å². The van der Waals surface area contributed by atoms with E-state index >= 15 is 0 Å². The molecule has 0 amide bonds. The van der Waals surface area contributed by atoms with Crippen LogP contribution in [-0.4, -0.2) is 25.3 Å². The summed E-state index contributed by atoms with van der Waals surface area (Å²) in [5, 5.41) is 9.95. The van der Waals surface area contributed by atoms with Gasteiger partial charge in [-0.15, -0.1) is 0 Å². The molecule has 0 radical (unpaired) electrons. The molecule has 0 aliphatic carbocycles. The quantitative estimate of drug-likeness (QED) is 0.880. The molecule has 2 rings (SSSR count). The first-order valence-electron chi connectivity index (χ1n) is 6.75. The van der Waals surface area contributed by atoms with Crippen molar-refractivity contribution in [2.75, 3.05) is 14.2 Å². The average Bonchev–Trinajstić information content (AvgIpc) is 2.52. The Morgan fingerprint density at radius 1 is 1.14 bits per heavy atom. The summed E-state index contributed by atoms with van der Waals surface area (Å²) in [5.74, 6) is -0.424. The number of para-hydroxylation sites is 1. The average molecular weight is 321 g/mol. The van der Waals surface area contributed by atoms with Crippen molar-refractivity contribution in [3.63, 3.8) is 0 Å². The van der Waals surface area contributed by atoms with E-state index < -0.39 is 11.9 Å². The lowest BCUT2D eigenvalue weighted by Crippen LogP contribution is -2.15. The molecule has 0 aliphatic heterocycles. The first kappa shape index (κ1) is 16.2. The Hall–Kier alpha value is -2.20. The van der Waals surface area contributed by atoms with E-state index in [0.29, 0.717) is 28.5 Å². The van der Waals surface area contributed by atoms with E-state index in [0.717, 1.165) is 5.56 Å². The Morgan fingerprint density at radius 2 is 1.82 bits per heavy atom. The van der Waals surface area contributed by atoms with Crippen LogP contribution in [-0.2, 0) is 11.2 Å². The Bertz CT molecular complexity index is 669. The van der Waals surface area contributed by atoms with Gasteiger partial charge in [0.05, 0.1) is 25.2 Å². The maximum Gasteiger partial charge on any atom is 0.311 e. The summed E-state index contributed by atoms with van der Waals surface area (Å²) >= 11 is 6.10. The summed E-state index contributed by atoms with van der Waals surface area (Å²) in [4.78, 5) is 11.7. The zero-order valence-electron chi connectivity index (χ0n) is 12.4. The van der Waals surface area contributed by atoms with Gasteiger partial charge in [-0.2, -0.15) is 0 Å². The van der Waals surface area contributed by atoms with E-state index in [1.807, 2.05) is 24.3 Å². The molecule has 1 N–H and O–H groups in total. The fraction of sp³-hybridized carbons (Fsp3) is 0.235. The third kappa shape index (κ3) is 3.52. The molecule has 5 heteroatoms. The molecule has 0 bridgehead atoms. The number of carbonyl (C=O) groups is 1. The van der Waals surface area contributed by atoms with Crippen molar-refractivity contribution >= 4 is 17.6 Å². The molecule has 0 heterocycles. The maximum absolute atomic E-state index is 11.7. The molecular formula is C17H17ClO4. The molecule has 2 aromatic rings. The Balaban J connectivity index is 2.35. The lowest BCUT2D eigenvalue weighted by atomic mass is 9.91. The highest BCUT2D eigenvalue weighted by molar-refractivity contribution is 6.32. The molecular weight excluding hydrogens is 304 g/mol. The molecule has 0 spiro atoms. The number of methoxy groups -OCH3 is 2. The van der Waals surface area contributed by atoms with Crippen LogP contribution < -0.4 is 9.47 Å². The summed E-state index contributed by atoms with van der Waals surface area (Å²) in [6, 6.07) is 12.4. The topological polar surface area (TPSA) is 55.8 Å². The Kier molecular flexibility index (Phi) is 5.28. The summed E-state index contributed by atoms with van der Waals surface area (Å²) in [6.07, 6.45) is 0.321.